The van der Waals surface area contributed by atoms with Crippen molar-refractivity contribution in [2.45, 2.75) is 52.0 Å². The van der Waals surface area contributed by atoms with Gasteiger partial charge in [0.25, 0.3) is 0 Å². The van der Waals surface area contributed by atoms with Crippen LogP contribution in [0.25, 0.3) is 0 Å². The first-order chi connectivity index (χ1) is 10.3. The number of hydrogen-bond acceptors (Lipinski definition) is 2. The van der Waals surface area contributed by atoms with E-state index < -0.39 is 0 Å². The molecule has 0 saturated carbocycles. The summed E-state index contributed by atoms with van der Waals surface area (Å²) in [5.41, 5.74) is 1.42. The third-order valence-corrected chi connectivity index (χ3v) is 4.73. The van der Waals surface area contributed by atoms with Crippen LogP contribution < -0.4 is 5.32 Å². The molecule has 2 unspecified atom stereocenters. The highest BCUT2D eigenvalue weighted by molar-refractivity contribution is 5.19. The van der Waals surface area contributed by atoms with Gasteiger partial charge in [-0.15, -0.1) is 0 Å². The molecule has 1 heterocycles. The van der Waals surface area contributed by atoms with Crippen LogP contribution in [0.1, 0.15) is 57.6 Å². The van der Waals surface area contributed by atoms with E-state index in [4.69, 9.17) is 0 Å². The third kappa shape index (κ3) is 5.44. The molecule has 0 aromatic heterocycles. The van der Waals surface area contributed by atoms with Crippen LogP contribution >= 0.6 is 0 Å². The SMILES string of the molecule is CCCC1CCCN(CC(NCC)c2ccccc2)CC1. The van der Waals surface area contributed by atoms with E-state index in [1.807, 2.05) is 0 Å². The van der Waals surface area contributed by atoms with E-state index in [0.29, 0.717) is 6.04 Å². The molecule has 1 aliphatic rings. The van der Waals surface area contributed by atoms with E-state index in [-0.39, 0.29) is 0 Å². The van der Waals surface area contributed by atoms with Gasteiger partial charge in [-0.25, -0.2) is 0 Å². The Bertz CT molecular complexity index is 376. The maximum atomic E-state index is 3.66. The van der Waals surface area contributed by atoms with Crippen molar-refractivity contribution in [1.82, 2.24) is 10.2 Å². The molecule has 2 atom stereocenters. The van der Waals surface area contributed by atoms with Crippen LogP contribution in [0.3, 0.4) is 0 Å². The second-order valence-electron chi connectivity index (χ2n) is 6.41. The number of benzene rings is 1. The van der Waals surface area contributed by atoms with Crippen LogP contribution in [0.4, 0.5) is 0 Å². The molecule has 21 heavy (non-hydrogen) atoms. The molecule has 1 aromatic rings. The Labute approximate surface area is 130 Å². The minimum atomic E-state index is 0.471. The Balaban J connectivity index is 1.91. The Morgan fingerprint density at radius 3 is 2.67 bits per heavy atom. The monoisotopic (exact) mass is 288 g/mol. The quantitative estimate of drug-likeness (QED) is 0.807. The minimum Gasteiger partial charge on any atom is -0.309 e. The zero-order valence-corrected chi connectivity index (χ0v) is 13.9. The fourth-order valence-corrected chi connectivity index (χ4v) is 3.58. The molecule has 0 amide bonds. The summed E-state index contributed by atoms with van der Waals surface area (Å²) in [6, 6.07) is 11.4. The van der Waals surface area contributed by atoms with Gasteiger partial charge in [0.05, 0.1) is 0 Å². The number of hydrogen-bond donors (Lipinski definition) is 1. The number of nitrogens with one attached hydrogen (secondary N) is 1. The van der Waals surface area contributed by atoms with Crippen molar-refractivity contribution in [3.8, 4) is 0 Å². The number of likely N-dealkylation sites (N-methyl/N-ethyl adjacent to an activating group) is 1. The lowest BCUT2D eigenvalue weighted by Crippen LogP contribution is -2.36. The normalized spacial score (nSPS) is 21.9. The Morgan fingerprint density at radius 2 is 1.95 bits per heavy atom. The predicted octanol–water partition coefficient (Wildman–Crippen LogP) is 4.24. The molecule has 0 bridgehead atoms. The van der Waals surface area contributed by atoms with Gasteiger partial charge in [0.2, 0.25) is 0 Å². The van der Waals surface area contributed by atoms with Crippen LogP contribution in [-0.2, 0) is 0 Å². The second-order valence-corrected chi connectivity index (χ2v) is 6.41. The molecule has 1 saturated heterocycles. The van der Waals surface area contributed by atoms with Crippen molar-refractivity contribution in [2.24, 2.45) is 5.92 Å². The molecular formula is C19H32N2. The van der Waals surface area contributed by atoms with E-state index in [0.717, 1.165) is 19.0 Å². The highest BCUT2D eigenvalue weighted by atomic mass is 15.1. The third-order valence-electron chi connectivity index (χ3n) is 4.73. The minimum absolute atomic E-state index is 0.471. The smallest absolute Gasteiger partial charge is 0.0449 e. The molecule has 1 N–H and O–H groups in total. The lowest BCUT2D eigenvalue weighted by atomic mass is 9.96. The summed E-state index contributed by atoms with van der Waals surface area (Å²) in [5, 5.41) is 3.66. The maximum Gasteiger partial charge on any atom is 0.0449 e. The van der Waals surface area contributed by atoms with Gasteiger partial charge < -0.3 is 10.2 Å². The van der Waals surface area contributed by atoms with E-state index in [9.17, 15) is 0 Å². The summed E-state index contributed by atoms with van der Waals surface area (Å²) in [5.74, 6) is 0.967. The van der Waals surface area contributed by atoms with Crippen LogP contribution in [0.5, 0.6) is 0 Å². The number of nitrogens with zero attached hydrogens (tertiary/aromatic N) is 1. The topological polar surface area (TPSA) is 15.3 Å². The average molecular weight is 288 g/mol. The van der Waals surface area contributed by atoms with Crippen molar-refractivity contribution in [1.29, 1.82) is 0 Å². The lowest BCUT2D eigenvalue weighted by molar-refractivity contribution is 0.248. The number of rotatable bonds is 7. The molecule has 0 aliphatic carbocycles. The zero-order chi connectivity index (χ0) is 14.9. The summed E-state index contributed by atoms with van der Waals surface area (Å²) in [6.45, 7) is 9.26. The predicted molar refractivity (Wildman–Crippen MR) is 91.5 cm³/mol. The standard InChI is InChI=1S/C19H32N2/c1-3-9-17-10-8-14-21(15-13-17)16-19(20-4-2)18-11-6-5-7-12-18/h5-7,11-12,17,19-20H,3-4,8-10,13-16H2,1-2H3. The lowest BCUT2D eigenvalue weighted by Gasteiger charge is -2.27. The van der Waals surface area contributed by atoms with Crippen LogP contribution in [-0.4, -0.2) is 31.1 Å². The van der Waals surface area contributed by atoms with E-state index >= 15 is 0 Å². The van der Waals surface area contributed by atoms with Crippen LogP contribution in [0.2, 0.25) is 0 Å². The van der Waals surface area contributed by atoms with Gasteiger partial charge in [0.1, 0.15) is 0 Å². The first-order valence-corrected chi connectivity index (χ1v) is 8.84. The van der Waals surface area contributed by atoms with E-state index in [2.05, 4.69) is 54.4 Å². The summed E-state index contributed by atoms with van der Waals surface area (Å²) in [4.78, 5) is 2.68. The van der Waals surface area contributed by atoms with Crippen LogP contribution in [0.15, 0.2) is 30.3 Å². The first kappa shape index (κ1) is 16.5. The zero-order valence-electron chi connectivity index (χ0n) is 13.9. The fourth-order valence-electron chi connectivity index (χ4n) is 3.58. The summed E-state index contributed by atoms with van der Waals surface area (Å²) < 4.78 is 0. The van der Waals surface area contributed by atoms with Gasteiger partial charge in [-0.3, -0.25) is 0 Å². The first-order valence-electron chi connectivity index (χ1n) is 8.84. The van der Waals surface area contributed by atoms with Gasteiger partial charge >= 0.3 is 0 Å². The van der Waals surface area contributed by atoms with Crippen molar-refractivity contribution >= 4 is 0 Å². The second kappa shape index (κ2) is 9.22. The van der Waals surface area contributed by atoms with Crippen molar-refractivity contribution in [2.75, 3.05) is 26.2 Å². The van der Waals surface area contributed by atoms with Gasteiger partial charge in [0.15, 0.2) is 0 Å². The summed E-state index contributed by atoms with van der Waals surface area (Å²) in [7, 11) is 0. The van der Waals surface area contributed by atoms with Crippen molar-refractivity contribution < 1.29 is 0 Å². The molecular weight excluding hydrogens is 256 g/mol. The molecule has 2 nitrogen and oxygen atoms in total. The fraction of sp³-hybridized carbons (Fsp3) is 0.684. The van der Waals surface area contributed by atoms with Crippen molar-refractivity contribution in [3.63, 3.8) is 0 Å². The van der Waals surface area contributed by atoms with Gasteiger partial charge in [0, 0.05) is 12.6 Å². The van der Waals surface area contributed by atoms with Crippen molar-refractivity contribution in [3.05, 3.63) is 35.9 Å². The molecule has 118 valence electrons. The average Bonchev–Trinajstić information content (AvgIpc) is 2.74. The van der Waals surface area contributed by atoms with E-state index in [1.54, 1.807) is 0 Å². The van der Waals surface area contributed by atoms with Gasteiger partial charge in [-0.2, -0.15) is 0 Å². The Morgan fingerprint density at radius 1 is 1.14 bits per heavy atom. The number of likely N-dealkylation sites (tertiary alicyclic amines) is 1. The molecule has 1 aliphatic heterocycles. The largest absolute Gasteiger partial charge is 0.309 e. The summed E-state index contributed by atoms with van der Waals surface area (Å²) in [6.07, 6.45) is 6.96. The molecule has 0 spiro atoms. The molecule has 1 aromatic carbocycles. The van der Waals surface area contributed by atoms with Gasteiger partial charge in [-0.1, -0.05) is 57.0 Å². The molecule has 2 heteroatoms. The molecule has 0 radical (unpaired) electrons. The Hall–Kier alpha value is -0.860. The van der Waals surface area contributed by atoms with Gasteiger partial charge in [-0.05, 0) is 50.4 Å². The maximum absolute atomic E-state index is 3.66. The van der Waals surface area contributed by atoms with Crippen LogP contribution in [0, 0.1) is 5.92 Å². The highest BCUT2D eigenvalue weighted by Crippen LogP contribution is 2.23. The molecule has 2 rings (SSSR count). The Kier molecular flexibility index (Phi) is 7.25. The summed E-state index contributed by atoms with van der Waals surface area (Å²) >= 11 is 0. The van der Waals surface area contributed by atoms with E-state index in [1.165, 1.54) is 50.8 Å². The highest BCUT2D eigenvalue weighted by Gasteiger charge is 2.19. The molecule has 1 fully saturated rings.